The zero-order valence-corrected chi connectivity index (χ0v) is 13.0. The number of anilines is 2. The van der Waals surface area contributed by atoms with Gasteiger partial charge < -0.3 is 5.73 Å². The predicted molar refractivity (Wildman–Crippen MR) is 82.6 cm³/mol. The Morgan fingerprint density at radius 3 is 2.48 bits per heavy atom. The van der Waals surface area contributed by atoms with E-state index in [1.165, 1.54) is 37.4 Å². The van der Waals surface area contributed by atoms with E-state index in [0.29, 0.717) is 5.56 Å². The van der Waals surface area contributed by atoms with Gasteiger partial charge in [0.15, 0.2) is 0 Å². The van der Waals surface area contributed by atoms with E-state index in [-0.39, 0.29) is 21.3 Å². The Morgan fingerprint density at radius 2 is 1.86 bits per heavy atom. The van der Waals surface area contributed by atoms with Crippen LogP contribution in [-0.2, 0) is 10.0 Å². The minimum atomic E-state index is -3.93. The number of hydrogen-bond acceptors (Lipinski definition) is 3. The van der Waals surface area contributed by atoms with Gasteiger partial charge in [0.05, 0.1) is 21.3 Å². The van der Waals surface area contributed by atoms with Crippen LogP contribution in [0.3, 0.4) is 0 Å². The van der Waals surface area contributed by atoms with Crippen LogP contribution in [0.1, 0.15) is 5.56 Å². The van der Waals surface area contributed by atoms with Gasteiger partial charge in [-0.2, -0.15) is 0 Å². The lowest BCUT2D eigenvalue weighted by Gasteiger charge is -2.21. The lowest BCUT2D eigenvalue weighted by molar-refractivity contribution is 0.589. The number of aryl methyl sites for hydroxylation is 1. The maximum Gasteiger partial charge on any atom is 0.264 e. The van der Waals surface area contributed by atoms with Crippen molar-refractivity contribution in [2.45, 2.75) is 11.8 Å². The molecule has 0 heterocycles. The van der Waals surface area contributed by atoms with Crippen molar-refractivity contribution in [3.63, 3.8) is 0 Å². The fourth-order valence-corrected chi connectivity index (χ4v) is 3.59. The number of benzene rings is 2. The Morgan fingerprint density at radius 1 is 1.24 bits per heavy atom. The standard InChI is InChI=1S/C14H14ClFN2O2S/c1-9-7-10(15)12(17)8-14(9)21(19,20)18(2)13-6-4-3-5-11(13)16/h3-8H,17H2,1-2H3. The number of rotatable bonds is 3. The highest BCUT2D eigenvalue weighted by atomic mass is 35.5. The molecule has 0 bridgehead atoms. The lowest BCUT2D eigenvalue weighted by Crippen LogP contribution is -2.28. The minimum Gasteiger partial charge on any atom is -0.397 e. The summed E-state index contributed by atoms with van der Waals surface area (Å²) in [6.07, 6.45) is 0. The smallest absolute Gasteiger partial charge is 0.264 e. The summed E-state index contributed by atoms with van der Waals surface area (Å²) in [5.74, 6) is -0.622. The zero-order chi connectivity index (χ0) is 15.8. The fourth-order valence-electron chi connectivity index (χ4n) is 1.93. The van der Waals surface area contributed by atoms with E-state index in [0.717, 1.165) is 4.31 Å². The highest BCUT2D eigenvalue weighted by molar-refractivity contribution is 7.92. The summed E-state index contributed by atoms with van der Waals surface area (Å²) >= 11 is 5.86. The molecule has 4 nitrogen and oxygen atoms in total. The molecule has 0 radical (unpaired) electrons. The molecule has 0 unspecified atom stereocenters. The average Bonchev–Trinajstić information content (AvgIpc) is 2.42. The van der Waals surface area contributed by atoms with Gasteiger partial charge >= 0.3 is 0 Å². The van der Waals surface area contributed by atoms with Gasteiger partial charge in [0.2, 0.25) is 0 Å². The summed E-state index contributed by atoms with van der Waals surface area (Å²) < 4.78 is 39.9. The molecule has 0 aliphatic rings. The summed E-state index contributed by atoms with van der Waals surface area (Å²) in [7, 11) is -2.64. The summed E-state index contributed by atoms with van der Waals surface area (Å²) in [4.78, 5) is -0.00449. The van der Waals surface area contributed by atoms with Crippen LogP contribution < -0.4 is 10.0 Å². The first-order valence-electron chi connectivity index (χ1n) is 6.04. The van der Waals surface area contributed by atoms with Gasteiger partial charge in [-0.05, 0) is 36.8 Å². The van der Waals surface area contributed by atoms with Crippen molar-refractivity contribution in [2.75, 3.05) is 17.1 Å². The normalized spacial score (nSPS) is 11.4. The number of nitrogen functional groups attached to an aromatic ring is 1. The molecule has 7 heteroatoms. The van der Waals surface area contributed by atoms with E-state index < -0.39 is 15.8 Å². The van der Waals surface area contributed by atoms with Crippen molar-refractivity contribution < 1.29 is 12.8 Å². The van der Waals surface area contributed by atoms with E-state index >= 15 is 0 Å². The quantitative estimate of drug-likeness (QED) is 0.880. The number of sulfonamides is 1. The molecule has 2 aromatic rings. The number of hydrogen-bond donors (Lipinski definition) is 1. The number of nitrogens with two attached hydrogens (primary N) is 1. The van der Waals surface area contributed by atoms with Gasteiger partial charge in [-0.15, -0.1) is 0 Å². The lowest BCUT2D eigenvalue weighted by atomic mass is 10.2. The van der Waals surface area contributed by atoms with E-state index in [2.05, 4.69) is 0 Å². The van der Waals surface area contributed by atoms with E-state index in [1.807, 2.05) is 0 Å². The van der Waals surface area contributed by atoms with Crippen LogP contribution in [-0.4, -0.2) is 15.5 Å². The van der Waals surface area contributed by atoms with E-state index in [1.54, 1.807) is 13.0 Å². The minimum absolute atomic E-state index is 0.00449. The number of nitrogens with zero attached hydrogens (tertiary/aromatic N) is 1. The number of para-hydroxylation sites is 1. The summed E-state index contributed by atoms with van der Waals surface area (Å²) in [5.41, 5.74) is 6.23. The monoisotopic (exact) mass is 328 g/mol. The van der Waals surface area contributed by atoms with Crippen LogP contribution in [0.4, 0.5) is 15.8 Å². The molecular weight excluding hydrogens is 315 g/mol. The number of halogens is 2. The molecule has 0 aromatic heterocycles. The average molecular weight is 329 g/mol. The third kappa shape index (κ3) is 2.82. The highest BCUT2D eigenvalue weighted by Crippen LogP contribution is 2.30. The van der Waals surface area contributed by atoms with Gasteiger partial charge in [0.25, 0.3) is 10.0 Å². The molecule has 0 atom stereocenters. The summed E-state index contributed by atoms with van der Waals surface area (Å²) in [6, 6.07) is 8.40. The largest absolute Gasteiger partial charge is 0.397 e. The van der Waals surface area contributed by atoms with Crippen LogP contribution in [0.5, 0.6) is 0 Å². The Kier molecular flexibility index (Phi) is 4.11. The zero-order valence-electron chi connectivity index (χ0n) is 11.5. The molecule has 112 valence electrons. The fraction of sp³-hybridized carbons (Fsp3) is 0.143. The van der Waals surface area contributed by atoms with Crippen molar-refractivity contribution in [1.29, 1.82) is 0 Å². The van der Waals surface area contributed by atoms with Gasteiger partial charge in [0.1, 0.15) is 5.82 Å². The second-order valence-corrected chi connectivity index (χ2v) is 6.91. The third-order valence-electron chi connectivity index (χ3n) is 3.12. The first kappa shape index (κ1) is 15.6. The van der Waals surface area contributed by atoms with Crippen molar-refractivity contribution in [3.8, 4) is 0 Å². The highest BCUT2D eigenvalue weighted by Gasteiger charge is 2.25. The van der Waals surface area contributed by atoms with Gasteiger partial charge in [-0.25, -0.2) is 12.8 Å². The first-order chi connectivity index (χ1) is 9.75. The first-order valence-corrected chi connectivity index (χ1v) is 7.86. The molecule has 2 N–H and O–H groups in total. The van der Waals surface area contributed by atoms with Crippen LogP contribution in [0, 0.1) is 12.7 Å². The summed E-state index contributed by atoms with van der Waals surface area (Å²) in [5, 5.41) is 0.278. The predicted octanol–water partition coefficient (Wildman–Crippen LogP) is 3.19. The molecule has 2 aromatic carbocycles. The Hall–Kier alpha value is -1.79. The molecule has 0 aliphatic carbocycles. The molecule has 0 saturated heterocycles. The second-order valence-electron chi connectivity index (χ2n) is 4.56. The molecular formula is C14H14ClFN2O2S. The molecule has 0 aliphatic heterocycles. The van der Waals surface area contributed by atoms with Gasteiger partial charge in [-0.1, -0.05) is 23.7 Å². The Balaban J connectivity index is 2.58. The van der Waals surface area contributed by atoms with Crippen molar-refractivity contribution in [2.24, 2.45) is 0 Å². The molecule has 21 heavy (non-hydrogen) atoms. The third-order valence-corrected chi connectivity index (χ3v) is 5.37. The summed E-state index contributed by atoms with van der Waals surface area (Å²) in [6.45, 7) is 1.60. The van der Waals surface area contributed by atoms with E-state index in [9.17, 15) is 12.8 Å². The second kappa shape index (κ2) is 5.54. The molecule has 2 rings (SSSR count). The topological polar surface area (TPSA) is 63.4 Å². The van der Waals surface area contributed by atoms with Crippen molar-refractivity contribution in [3.05, 3.63) is 52.8 Å². The van der Waals surface area contributed by atoms with Gasteiger partial charge in [0, 0.05) is 7.05 Å². The molecule has 0 amide bonds. The maximum absolute atomic E-state index is 13.8. The van der Waals surface area contributed by atoms with Crippen LogP contribution in [0.25, 0.3) is 0 Å². The molecule has 0 saturated carbocycles. The SMILES string of the molecule is Cc1cc(Cl)c(N)cc1S(=O)(=O)N(C)c1ccccc1F. The van der Waals surface area contributed by atoms with E-state index in [4.69, 9.17) is 17.3 Å². The Labute approximate surface area is 128 Å². The van der Waals surface area contributed by atoms with Crippen LogP contribution >= 0.6 is 11.6 Å². The van der Waals surface area contributed by atoms with Crippen LogP contribution in [0.2, 0.25) is 5.02 Å². The van der Waals surface area contributed by atoms with Crippen LogP contribution in [0.15, 0.2) is 41.3 Å². The van der Waals surface area contributed by atoms with Gasteiger partial charge in [-0.3, -0.25) is 4.31 Å². The van der Waals surface area contributed by atoms with Crippen molar-refractivity contribution >= 4 is 33.0 Å². The maximum atomic E-state index is 13.8. The van der Waals surface area contributed by atoms with Crippen molar-refractivity contribution in [1.82, 2.24) is 0 Å². The molecule has 0 spiro atoms. The Bertz CT molecular complexity index is 794. The molecule has 0 fully saturated rings.